The van der Waals surface area contributed by atoms with Crippen molar-refractivity contribution in [3.05, 3.63) is 0 Å². The quantitative estimate of drug-likeness (QED) is 0.0738. The molecule has 8 nitrogen and oxygen atoms in total. The Bertz CT molecular complexity index is 664. The summed E-state index contributed by atoms with van der Waals surface area (Å²) in [5.74, 6) is -1.77. The molecule has 12 heteroatoms. The molecule has 0 amide bonds. The van der Waals surface area contributed by atoms with E-state index in [1.54, 1.807) is 0 Å². The van der Waals surface area contributed by atoms with Gasteiger partial charge in [0.1, 0.15) is 0 Å². The van der Waals surface area contributed by atoms with Crippen LogP contribution in [0, 0.1) is 17.8 Å². The monoisotopic (exact) mass is 816 g/mol. The van der Waals surface area contributed by atoms with Crippen molar-refractivity contribution in [3.8, 4) is 0 Å². The van der Waals surface area contributed by atoms with Crippen molar-refractivity contribution < 1.29 is 39.2 Å². The van der Waals surface area contributed by atoms with Gasteiger partial charge < -0.3 is 29.7 Å². The number of methoxy groups -OCH3 is 1. The molecule has 0 heterocycles. The molecule has 0 aromatic rings. The van der Waals surface area contributed by atoms with Crippen LogP contribution in [-0.2, 0) is 23.9 Å². The number of ether oxygens (including phenoxy) is 1. The molecule has 0 aromatic carbocycles. The van der Waals surface area contributed by atoms with E-state index >= 15 is 0 Å². The predicted octanol–water partition coefficient (Wildman–Crippen LogP) is 5.06. The number of carboxylic acids is 3. The topological polar surface area (TPSA) is 147 Å². The third-order valence-electron chi connectivity index (χ3n) is 7.67. The van der Waals surface area contributed by atoms with E-state index in [0.29, 0.717) is 43.4 Å². The number of carboxylic acid groups (broad SMARTS) is 3. The number of carbonyl (C=O) groups is 4. The summed E-state index contributed by atoms with van der Waals surface area (Å²) >= 11 is 13.3. The van der Waals surface area contributed by atoms with Crippen molar-refractivity contribution in [2.75, 3.05) is 7.11 Å². The van der Waals surface area contributed by atoms with Gasteiger partial charge in [0.15, 0.2) is 0 Å². The summed E-state index contributed by atoms with van der Waals surface area (Å²) < 4.78 is 5.32. The molecule has 0 aliphatic heterocycles. The molecule has 0 saturated carbocycles. The average molecular weight is 816 g/mol. The van der Waals surface area contributed by atoms with Crippen LogP contribution in [0.4, 0.5) is 0 Å². The third kappa shape index (κ3) is 36.6. The molecule has 0 saturated heterocycles. The van der Waals surface area contributed by atoms with Crippen molar-refractivity contribution in [3.63, 3.8) is 0 Å². The van der Waals surface area contributed by atoms with Crippen molar-refractivity contribution >= 4 is 84.3 Å². The van der Waals surface area contributed by atoms with Gasteiger partial charge in [0.05, 0.1) is 17.9 Å². The second-order valence-corrected chi connectivity index (χ2v) is 14.8. The molecular weight excluding hydrogens is 751 g/mol. The molecule has 0 aromatic heterocycles. The molecule has 6 unspecified atom stereocenters. The van der Waals surface area contributed by atoms with Gasteiger partial charge in [-0.2, -0.15) is 37.9 Å². The fourth-order valence-corrected chi connectivity index (χ4v) is 5.86. The summed E-state index contributed by atoms with van der Waals surface area (Å²) in [4.78, 5) is 41.5. The molecule has 270 valence electrons. The molecule has 0 fully saturated rings. The zero-order valence-corrected chi connectivity index (χ0v) is 35.1. The van der Waals surface area contributed by atoms with E-state index in [1.807, 2.05) is 0 Å². The van der Waals surface area contributed by atoms with E-state index < -0.39 is 33.7 Å². The van der Waals surface area contributed by atoms with Crippen molar-refractivity contribution in [1.82, 2.24) is 0 Å². The number of thiol groups is 3. The molecule has 0 aliphatic carbocycles. The first kappa shape index (κ1) is 52.5. The first-order valence-electron chi connectivity index (χ1n) is 17.0. The average Bonchev–Trinajstić information content (AvgIpc) is 3.03. The van der Waals surface area contributed by atoms with E-state index in [4.69, 9.17) is 0 Å². The number of hydrogen-bond donors (Lipinski definition) is 3. The molecule has 0 aliphatic rings. The minimum atomic E-state index is -1.04. The number of esters is 1. The van der Waals surface area contributed by atoms with Crippen LogP contribution < -0.4 is 15.3 Å². The first-order valence-corrected chi connectivity index (χ1v) is 20.6. The van der Waals surface area contributed by atoms with Crippen molar-refractivity contribution in [2.24, 2.45) is 17.8 Å². The molecule has 0 radical (unpaired) electrons. The van der Waals surface area contributed by atoms with Crippen LogP contribution in [0.15, 0.2) is 0 Å². The molecule has 0 spiro atoms. The summed E-state index contributed by atoms with van der Waals surface area (Å²) in [5.41, 5.74) is 0. The zero-order valence-electron chi connectivity index (χ0n) is 29.6. The Morgan fingerprint density at radius 2 is 0.848 bits per heavy atom. The number of rotatable bonds is 23. The summed E-state index contributed by atoms with van der Waals surface area (Å²) in [5, 5.41) is 29.5. The maximum absolute atomic E-state index is 10.4. The first-order chi connectivity index (χ1) is 21.6. The van der Waals surface area contributed by atoms with Gasteiger partial charge in [0.25, 0.3) is 0 Å². The fourth-order valence-electron chi connectivity index (χ4n) is 4.38. The van der Waals surface area contributed by atoms with Gasteiger partial charge in [-0.1, -0.05) is 119 Å². The van der Waals surface area contributed by atoms with Crippen LogP contribution in [0.5, 0.6) is 0 Å². The van der Waals surface area contributed by atoms with E-state index in [1.165, 1.54) is 68.2 Å². The molecule has 46 heavy (non-hydrogen) atoms. The summed E-state index contributed by atoms with van der Waals surface area (Å²) in [7, 11) is 1.41. The van der Waals surface area contributed by atoms with Crippen molar-refractivity contribution in [2.45, 2.75) is 164 Å². The van der Waals surface area contributed by atoms with Gasteiger partial charge in [0.2, 0.25) is 0 Å². The second kappa shape index (κ2) is 37.5. The number of aliphatic carboxylic acids is 3. The van der Waals surface area contributed by atoms with Crippen LogP contribution >= 0.6 is 37.9 Å². The maximum atomic E-state index is 10.4. The van der Waals surface area contributed by atoms with Gasteiger partial charge in [-0.25, -0.2) is 0 Å². The summed E-state index contributed by atoms with van der Waals surface area (Å²) in [6, 6.07) is 0. The summed E-state index contributed by atoms with van der Waals surface area (Å²) in [6.45, 7) is 12.7. The van der Waals surface area contributed by atoms with E-state index in [0.717, 1.165) is 43.0 Å². The molecule has 0 bridgehead atoms. The van der Waals surface area contributed by atoms with Crippen LogP contribution in [0.1, 0.15) is 144 Å². The minimum absolute atomic E-state index is 0.100. The van der Waals surface area contributed by atoms with Gasteiger partial charge in [-0.05, 0) is 37.0 Å². The Morgan fingerprint density at radius 3 is 0.978 bits per heavy atom. The number of carbonyl (C=O) groups excluding carboxylic acids is 4. The SMILES string of the molecule is CCCCC(CC)CC(S)C(=O)[O-].CCCCC(CC)CC(S)C(=O)[O-].CCCCC(CC)CC(S)C(=O)[O-].COC(=O)C[CH2][Sn+3]. The Balaban J connectivity index is -0.000000261. The molecule has 0 rings (SSSR count). The predicted molar refractivity (Wildman–Crippen MR) is 194 cm³/mol. The number of unbranched alkanes of at least 4 members (excludes halogenated alkanes) is 3. The van der Waals surface area contributed by atoms with Gasteiger partial charge in [-0.3, -0.25) is 0 Å². The van der Waals surface area contributed by atoms with Crippen LogP contribution in [0.3, 0.4) is 0 Å². The normalized spacial score (nSPS) is 14.3. The van der Waals surface area contributed by atoms with E-state index in [-0.39, 0.29) is 5.97 Å². The van der Waals surface area contributed by atoms with Gasteiger partial charge in [0, 0.05) is 15.7 Å². The third-order valence-corrected chi connectivity index (χ3v) is 9.65. The number of hydrogen-bond acceptors (Lipinski definition) is 11. The Morgan fingerprint density at radius 1 is 0.587 bits per heavy atom. The molecular formula is C34H64O8S3Sn. The molecule has 0 N–H and O–H groups in total. The van der Waals surface area contributed by atoms with E-state index in [9.17, 15) is 34.5 Å². The zero-order chi connectivity index (χ0) is 36.5. The van der Waals surface area contributed by atoms with Crippen molar-refractivity contribution in [1.29, 1.82) is 0 Å². The Hall–Kier alpha value is -0.271. The standard InChI is InChI=1S/3C10H20O2S.C4H7O2.Sn/c3*1-3-5-6-8(4-2)7-9(13)10(11)12;1-3-4(5)6-2;/h3*8-9,13H,3-7H2,1-2H3,(H,11,12);1,3H2,2H3;/q;;;;+3/p-3. The summed E-state index contributed by atoms with van der Waals surface area (Å²) in [6.07, 6.45) is 15.9. The van der Waals surface area contributed by atoms with Crippen LogP contribution in [-0.4, -0.2) is 69.3 Å². The van der Waals surface area contributed by atoms with Gasteiger partial charge >= 0.3 is 56.0 Å². The van der Waals surface area contributed by atoms with E-state index in [2.05, 4.69) is 84.2 Å². The van der Waals surface area contributed by atoms with Crippen LogP contribution in [0.25, 0.3) is 0 Å². The second-order valence-electron chi connectivity index (χ2n) is 11.5. The fraction of sp³-hybridized carbons (Fsp3) is 0.882. The van der Waals surface area contributed by atoms with Gasteiger partial charge in [-0.15, -0.1) is 0 Å². The Labute approximate surface area is 311 Å². The molecule has 6 atom stereocenters. The Kier molecular flexibility index (Phi) is 42.9. The van der Waals surface area contributed by atoms with Crippen LogP contribution in [0.2, 0.25) is 4.44 Å².